The summed E-state index contributed by atoms with van der Waals surface area (Å²) in [5.74, 6) is 0. The summed E-state index contributed by atoms with van der Waals surface area (Å²) in [6, 6.07) is 28.8. The molecule has 0 radical (unpaired) electrons. The fourth-order valence-corrected chi connectivity index (χ4v) is 6.62. The minimum atomic E-state index is -0.0220. The molecule has 0 saturated heterocycles. The van der Waals surface area contributed by atoms with Crippen molar-refractivity contribution in [1.82, 2.24) is 9.13 Å². The normalized spacial score (nSPS) is 11.8. The molecule has 2 heterocycles. The number of hydrogen-bond donors (Lipinski definition) is 0. The van der Waals surface area contributed by atoms with Crippen molar-refractivity contribution in [2.24, 2.45) is 0 Å². The summed E-state index contributed by atoms with van der Waals surface area (Å²) >= 11 is 0. The predicted molar refractivity (Wildman–Crippen MR) is 176 cm³/mol. The van der Waals surface area contributed by atoms with Crippen molar-refractivity contribution in [1.29, 1.82) is 0 Å². The van der Waals surface area contributed by atoms with Crippen LogP contribution in [0.4, 0.5) is 0 Å². The van der Waals surface area contributed by atoms with Crippen LogP contribution in [0.15, 0.2) is 94.5 Å². The Kier molecular flexibility index (Phi) is 5.74. The number of hydrogen-bond acceptors (Lipinski definition) is 2. The van der Waals surface area contributed by atoms with Gasteiger partial charge in [-0.3, -0.25) is 9.59 Å². The second kappa shape index (κ2) is 9.28. The lowest BCUT2D eigenvalue weighted by atomic mass is 9.98. The molecule has 206 valence electrons. The lowest BCUT2D eigenvalue weighted by Gasteiger charge is -2.21. The molecule has 4 heteroatoms. The first-order valence-corrected chi connectivity index (χ1v) is 14.4. The van der Waals surface area contributed by atoms with Crippen LogP contribution < -0.4 is 10.9 Å². The first-order valence-electron chi connectivity index (χ1n) is 14.4. The zero-order valence-corrected chi connectivity index (χ0v) is 24.8. The zero-order valence-electron chi connectivity index (χ0n) is 24.8. The maximum absolute atomic E-state index is 14.3. The van der Waals surface area contributed by atoms with Crippen molar-refractivity contribution in [2.75, 3.05) is 0 Å². The molecule has 42 heavy (non-hydrogen) atoms. The van der Waals surface area contributed by atoms with Crippen LogP contribution in [0.3, 0.4) is 0 Å². The molecule has 0 saturated carbocycles. The molecular weight excluding hydrogens is 516 g/mol. The zero-order chi connectivity index (χ0) is 29.4. The predicted octanol–water partition coefficient (Wildman–Crippen LogP) is 8.45. The minimum absolute atomic E-state index is 0.0220. The van der Waals surface area contributed by atoms with Gasteiger partial charge in [0.25, 0.3) is 0 Å². The number of rotatable bonds is 2. The molecule has 2 aromatic heterocycles. The van der Waals surface area contributed by atoms with Crippen LogP contribution in [0, 0.1) is 41.5 Å². The Bertz CT molecular complexity index is 2200. The summed E-state index contributed by atoms with van der Waals surface area (Å²) in [6.07, 6.45) is 0. The van der Waals surface area contributed by atoms with Gasteiger partial charge in [-0.2, -0.15) is 0 Å². The van der Waals surface area contributed by atoms with E-state index in [1.165, 1.54) is 0 Å². The molecule has 0 atom stereocenters. The Morgan fingerprint density at radius 3 is 1.12 bits per heavy atom. The minimum Gasteiger partial charge on any atom is -0.309 e. The van der Waals surface area contributed by atoms with Gasteiger partial charge >= 0.3 is 0 Å². The Labute approximate surface area is 244 Å². The average molecular weight is 549 g/mol. The maximum atomic E-state index is 14.3. The van der Waals surface area contributed by atoms with Gasteiger partial charge in [-0.25, -0.2) is 0 Å². The van der Waals surface area contributed by atoms with Crippen molar-refractivity contribution < 1.29 is 0 Å². The molecule has 0 aliphatic rings. The van der Waals surface area contributed by atoms with Crippen LogP contribution >= 0.6 is 0 Å². The number of nitrogens with zero attached hydrogens (tertiary/aromatic N) is 2. The third kappa shape index (κ3) is 3.82. The summed E-state index contributed by atoms with van der Waals surface area (Å²) in [6.45, 7) is 12.2. The number of aryl methyl sites for hydroxylation is 6. The van der Waals surface area contributed by atoms with Crippen molar-refractivity contribution in [3.63, 3.8) is 0 Å². The highest BCUT2D eigenvalue weighted by Gasteiger charge is 2.20. The molecular formula is C38H32N2O2. The van der Waals surface area contributed by atoms with E-state index in [0.29, 0.717) is 21.5 Å². The van der Waals surface area contributed by atoms with Crippen molar-refractivity contribution in [3.8, 4) is 11.4 Å². The largest absolute Gasteiger partial charge is 0.309 e. The summed E-state index contributed by atoms with van der Waals surface area (Å²) in [5.41, 5.74) is 11.4. The average Bonchev–Trinajstić information content (AvgIpc) is 2.94. The Balaban J connectivity index is 1.78. The Hall–Kier alpha value is -4.96. The first-order chi connectivity index (χ1) is 20.1. The van der Waals surface area contributed by atoms with Crippen molar-refractivity contribution >= 4 is 43.6 Å². The molecule has 7 rings (SSSR count). The van der Waals surface area contributed by atoms with Gasteiger partial charge in [-0.15, -0.1) is 0 Å². The molecule has 4 nitrogen and oxygen atoms in total. The van der Waals surface area contributed by atoms with Gasteiger partial charge in [-0.1, -0.05) is 47.5 Å². The van der Waals surface area contributed by atoms with E-state index in [1.54, 1.807) is 0 Å². The van der Waals surface area contributed by atoms with Crippen LogP contribution in [0.1, 0.15) is 33.4 Å². The Morgan fingerprint density at radius 2 is 0.762 bits per heavy atom. The molecule has 0 aliphatic heterocycles. The molecule has 0 aliphatic carbocycles. The molecule has 0 amide bonds. The number of aromatic nitrogens is 2. The standard InChI is InChI=1S/C38H32N2O2/c1-21-7-11-27(12-8-21)39-31-19-30-32(20-29(31)37(41)35-25(5)15-23(3)17-33(35)39)40(28-13-9-22(2)10-14-28)34-18-24(4)16-26(6)36(34)38(30)42/h7-20H,1-6H3. The first kappa shape index (κ1) is 26.0. The van der Waals surface area contributed by atoms with Gasteiger partial charge in [0.2, 0.25) is 0 Å². The third-order valence-corrected chi connectivity index (χ3v) is 8.52. The molecule has 0 unspecified atom stereocenters. The van der Waals surface area contributed by atoms with Gasteiger partial charge in [0.15, 0.2) is 10.9 Å². The van der Waals surface area contributed by atoms with Gasteiger partial charge in [0.05, 0.1) is 22.1 Å². The molecule has 0 fully saturated rings. The van der Waals surface area contributed by atoms with Crippen LogP contribution in [0.2, 0.25) is 0 Å². The summed E-state index contributed by atoms with van der Waals surface area (Å²) in [7, 11) is 0. The quantitative estimate of drug-likeness (QED) is 0.204. The summed E-state index contributed by atoms with van der Waals surface area (Å²) < 4.78 is 4.29. The highest BCUT2D eigenvalue weighted by molar-refractivity contribution is 6.06. The molecule has 5 aromatic carbocycles. The van der Waals surface area contributed by atoms with Crippen molar-refractivity contribution in [3.05, 3.63) is 139 Å². The van der Waals surface area contributed by atoms with Crippen LogP contribution in [0.25, 0.3) is 55.0 Å². The van der Waals surface area contributed by atoms with Crippen molar-refractivity contribution in [2.45, 2.75) is 41.5 Å². The van der Waals surface area contributed by atoms with E-state index in [4.69, 9.17) is 0 Å². The SMILES string of the molecule is Cc1ccc(-n2c3cc4c(=O)c5c(C)cc(C)cc5n(-c5ccc(C)cc5)c4cc3c(=O)c3c(C)cc(C)cc32)cc1. The third-order valence-electron chi connectivity index (χ3n) is 8.52. The van der Waals surface area contributed by atoms with E-state index in [2.05, 4.69) is 110 Å². The topological polar surface area (TPSA) is 44.0 Å². The maximum Gasteiger partial charge on any atom is 0.197 e. The summed E-state index contributed by atoms with van der Waals surface area (Å²) in [4.78, 5) is 28.7. The smallest absolute Gasteiger partial charge is 0.197 e. The highest BCUT2D eigenvalue weighted by Crippen LogP contribution is 2.32. The van der Waals surface area contributed by atoms with Crippen LogP contribution in [-0.2, 0) is 0 Å². The van der Waals surface area contributed by atoms with Gasteiger partial charge < -0.3 is 9.13 Å². The fraction of sp³-hybridized carbons (Fsp3) is 0.158. The van der Waals surface area contributed by atoms with E-state index < -0.39 is 0 Å². The van der Waals surface area contributed by atoms with E-state index in [0.717, 1.165) is 66.8 Å². The lowest BCUT2D eigenvalue weighted by Crippen LogP contribution is -2.16. The number of fused-ring (bicyclic) bond motifs is 4. The second-order valence-corrected chi connectivity index (χ2v) is 11.8. The Morgan fingerprint density at radius 1 is 0.405 bits per heavy atom. The second-order valence-electron chi connectivity index (χ2n) is 11.8. The summed E-state index contributed by atoms with van der Waals surface area (Å²) in [5, 5.41) is 2.58. The fourth-order valence-electron chi connectivity index (χ4n) is 6.62. The van der Waals surface area contributed by atoms with E-state index in [9.17, 15) is 9.59 Å². The molecule has 0 spiro atoms. The van der Waals surface area contributed by atoms with Crippen LogP contribution in [0.5, 0.6) is 0 Å². The highest BCUT2D eigenvalue weighted by atomic mass is 16.1. The van der Waals surface area contributed by atoms with Crippen LogP contribution in [-0.4, -0.2) is 9.13 Å². The number of pyridine rings is 2. The van der Waals surface area contributed by atoms with E-state index >= 15 is 0 Å². The molecule has 0 N–H and O–H groups in total. The van der Waals surface area contributed by atoms with Gasteiger partial charge in [0.1, 0.15) is 0 Å². The van der Waals surface area contributed by atoms with E-state index in [-0.39, 0.29) is 10.9 Å². The number of benzene rings is 5. The monoisotopic (exact) mass is 548 g/mol. The lowest BCUT2D eigenvalue weighted by molar-refractivity contribution is 1.14. The van der Waals surface area contributed by atoms with Gasteiger partial charge in [0, 0.05) is 32.9 Å². The molecule has 7 aromatic rings. The van der Waals surface area contributed by atoms with Gasteiger partial charge in [-0.05, 0) is 112 Å². The molecule has 0 bridgehead atoms. The van der Waals surface area contributed by atoms with E-state index in [1.807, 2.05) is 26.0 Å².